The minimum absolute atomic E-state index is 0. The van der Waals surface area contributed by atoms with Crippen molar-refractivity contribution in [1.82, 2.24) is 0 Å². The number of rotatable bonds is 18. The first-order chi connectivity index (χ1) is 35.2. The lowest BCUT2D eigenvalue weighted by Crippen LogP contribution is -2.35. The maximum absolute atomic E-state index is 11.2. The maximum atomic E-state index is 11.2. The van der Waals surface area contributed by atoms with Gasteiger partial charge in [-0.1, -0.05) is 164 Å². The van der Waals surface area contributed by atoms with Crippen molar-refractivity contribution in [3.63, 3.8) is 0 Å². The van der Waals surface area contributed by atoms with E-state index < -0.39 is 39.7 Å². The van der Waals surface area contributed by atoms with Crippen LogP contribution in [-0.4, -0.2) is 36.4 Å². The van der Waals surface area contributed by atoms with Crippen LogP contribution in [0.1, 0.15) is 19.3 Å². The molecule has 0 heterocycles. The number of aliphatic carboxylic acids is 3. The Bertz CT molecular complexity index is 2420. The molecule has 384 valence electrons. The summed E-state index contributed by atoms with van der Waals surface area (Å²) in [6, 6.07) is 92.4. The van der Waals surface area contributed by atoms with Gasteiger partial charge in [0.05, 0.1) is 18.5 Å². The molecular formula is C63H60Br3O6P3. The van der Waals surface area contributed by atoms with E-state index in [1.165, 1.54) is 47.7 Å². The van der Waals surface area contributed by atoms with E-state index in [0.717, 1.165) is 0 Å². The van der Waals surface area contributed by atoms with Gasteiger partial charge >= 0.3 is 0 Å². The van der Waals surface area contributed by atoms with Crippen molar-refractivity contribution in [1.29, 1.82) is 0 Å². The van der Waals surface area contributed by atoms with Crippen molar-refractivity contribution >= 4 is 138 Å². The number of carbonyl (C=O) groups excluding carboxylic acids is 3. The number of carboxylic acids is 3. The van der Waals surface area contributed by atoms with Gasteiger partial charge in [0.15, 0.2) is 0 Å². The first-order valence-electron chi connectivity index (χ1n) is 23.9. The van der Waals surface area contributed by atoms with E-state index in [0.29, 0.717) is 18.5 Å². The number of carbonyl (C=O) groups is 3. The lowest BCUT2D eigenvalue weighted by molar-refractivity contribution is -0.306. The van der Waals surface area contributed by atoms with Crippen molar-refractivity contribution in [2.45, 2.75) is 19.3 Å². The van der Waals surface area contributed by atoms with Crippen LogP contribution in [0, 0.1) is 0 Å². The van der Waals surface area contributed by atoms with E-state index in [2.05, 4.69) is 109 Å². The largest absolute Gasteiger partial charge is 0.550 e. The van der Waals surface area contributed by atoms with Crippen LogP contribution in [0.15, 0.2) is 273 Å². The number of carboxylic acid groups (broad SMARTS) is 3. The van der Waals surface area contributed by atoms with E-state index in [4.69, 9.17) is 0 Å². The normalized spacial score (nSPS) is 10.7. The topological polar surface area (TPSA) is 120 Å². The van der Waals surface area contributed by atoms with Gasteiger partial charge in [0.1, 0.15) is 69.5 Å². The van der Waals surface area contributed by atoms with Crippen LogP contribution in [0.2, 0.25) is 0 Å². The van der Waals surface area contributed by atoms with Gasteiger partial charge in [0.2, 0.25) is 0 Å². The van der Waals surface area contributed by atoms with Crippen molar-refractivity contribution in [2.75, 3.05) is 18.5 Å². The molecule has 0 aromatic heterocycles. The minimum atomic E-state index is -2.03. The fourth-order valence-corrected chi connectivity index (χ4v) is 22.1. The lowest BCUT2D eigenvalue weighted by Gasteiger charge is -2.27. The van der Waals surface area contributed by atoms with Crippen LogP contribution in [0.25, 0.3) is 0 Å². The summed E-state index contributed by atoms with van der Waals surface area (Å²) in [5.41, 5.74) is 0. The lowest BCUT2D eigenvalue weighted by atomic mass is 10.4. The van der Waals surface area contributed by atoms with Crippen molar-refractivity contribution in [2.24, 2.45) is 0 Å². The van der Waals surface area contributed by atoms with Crippen LogP contribution < -0.4 is 63.1 Å². The Labute approximate surface area is 475 Å². The molecule has 6 nitrogen and oxygen atoms in total. The smallest absolute Gasteiger partial charge is 0.112 e. The van der Waals surface area contributed by atoms with Gasteiger partial charge in [-0.3, -0.25) is 0 Å². The molecule has 0 saturated heterocycles. The predicted molar refractivity (Wildman–Crippen MR) is 330 cm³/mol. The Morgan fingerprint density at radius 2 is 0.333 bits per heavy atom. The van der Waals surface area contributed by atoms with Gasteiger partial charge in [0, 0.05) is 37.2 Å². The van der Waals surface area contributed by atoms with Gasteiger partial charge in [-0.15, -0.1) is 50.9 Å². The second kappa shape index (κ2) is 31.2. The van der Waals surface area contributed by atoms with E-state index in [1.54, 1.807) is 0 Å². The SMILES string of the molecule is Br.Br.Br.O=C([O-])CC[P+](c1ccccc1)(c1ccccc1)c1ccccc1.O=C([O-])CC[P+](c1ccccc1)(c1ccccc1)c1ccccc1.O=C([O-])CC[P+](c1ccccc1)(c1ccccc1)c1ccccc1. The summed E-state index contributed by atoms with van der Waals surface area (Å²) >= 11 is 0. The van der Waals surface area contributed by atoms with E-state index in [-0.39, 0.29) is 70.2 Å². The van der Waals surface area contributed by atoms with Crippen LogP contribution in [-0.2, 0) is 14.4 Å². The molecule has 0 fully saturated rings. The third-order valence-electron chi connectivity index (χ3n) is 12.7. The summed E-state index contributed by atoms with van der Waals surface area (Å²) in [7, 11) is -6.08. The third kappa shape index (κ3) is 15.6. The summed E-state index contributed by atoms with van der Waals surface area (Å²) < 4.78 is 0. The molecule has 0 atom stereocenters. The zero-order chi connectivity index (χ0) is 50.5. The summed E-state index contributed by atoms with van der Waals surface area (Å²) in [6.45, 7) is 0. The second-order valence-corrected chi connectivity index (χ2v) is 27.8. The molecule has 0 saturated carbocycles. The van der Waals surface area contributed by atoms with Crippen LogP contribution in [0.5, 0.6) is 0 Å². The Hall–Kier alpha value is -5.88. The average molecular weight is 1250 g/mol. The average Bonchev–Trinajstić information content (AvgIpc) is 3.44. The molecule has 0 aliphatic carbocycles. The summed E-state index contributed by atoms with van der Waals surface area (Å²) in [5.74, 6) is -2.99. The Morgan fingerprint density at radius 3 is 0.427 bits per heavy atom. The number of benzene rings is 9. The van der Waals surface area contributed by atoms with Gasteiger partial charge < -0.3 is 29.7 Å². The molecule has 0 unspecified atom stereocenters. The molecule has 12 heteroatoms. The highest BCUT2D eigenvalue weighted by Crippen LogP contribution is 2.57. The quantitative estimate of drug-likeness (QED) is 0.0802. The molecule has 0 amide bonds. The van der Waals surface area contributed by atoms with Crippen molar-refractivity contribution in [3.05, 3.63) is 273 Å². The molecule has 0 aliphatic heterocycles. The fraction of sp³-hybridized carbons (Fsp3) is 0.0952. The molecule has 9 rings (SSSR count). The molecule has 0 aliphatic rings. The Balaban J connectivity index is 0.000000239. The van der Waals surface area contributed by atoms with Gasteiger partial charge in [-0.05, 0) is 109 Å². The zero-order valence-corrected chi connectivity index (χ0v) is 49.1. The number of halogens is 3. The first-order valence-corrected chi connectivity index (χ1v) is 29.9. The van der Waals surface area contributed by atoms with Crippen molar-refractivity contribution in [3.8, 4) is 0 Å². The van der Waals surface area contributed by atoms with E-state index in [1.807, 2.05) is 164 Å². The molecule has 0 bridgehead atoms. The Kier molecular flexibility index (Phi) is 25.7. The predicted octanol–water partition coefficient (Wildman–Crippen LogP) is 8.10. The molecule has 0 radical (unpaired) electrons. The highest BCUT2D eigenvalue weighted by atomic mass is 79.9. The standard InChI is InChI=1S/3C21H19O2P.3BrH/c3*22-21(23)16-17-24(18-10-4-1-5-11-18,19-12-6-2-7-13-19)20-14-8-3-9-15-20;;;/h3*1-15H,16-17H2;3*1H. The molecular weight excluding hydrogens is 1190 g/mol. The highest BCUT2D eigenvalue weighted by Gasteiger charge is 2.47. The molecule has 75 heavy (non-hydrogen) atoms. The van der Waals surface area contributed by atoms with Crippen LogP contribution in [0.4, 0.5) is 0 Å². The molecule has 9 aromatic carbocycles. The highest BCUT2D eigenvalue weighted by molar-refractivity contribution is 8.93. The first kappa shape index (κ1) is 61.7. The minimum Gasteiger partial charge on any atom is -0.550 e. The van der Waals surface area contributed by atoms with Crippen LogP contribution in [0.3, 0.4) is 0 Å². The van der Waals surface area contributed by atoms with Gasteiger partial charge in [0.25, 0.3) is 0 Å². The van der Waals surface area contributed by atoms with Crippen LogP contribution >= 0.6 is 72.7 Å². The molecule has 9 aromatic rings. The summed E-state index contributed by atoms with van der Waals surface area (Å²) in [6.07, 6.45) is 1.83. The fourth-order valence-electron chi connectivity index (χ4n) is 9.42. The third-order valence-corrected chi connectivity index (χ3v) is 26.0. The van der Waals surface area contributed by atoms with Gasteiger partial charge in [-0.25, -0.2) is 0 Å². The van der Waals surface area contributed by atoms with Gasteiger partial charge in [-0.2, -0.15) is 0 Å². The molecule has 0 N–H and O–H groups in total. The number of hydrogen-bond acceptors (Lipinski definition) is 6. The van der Waals surface area contributed by atoms with Crippen molar-refractivity contribution < 1.29 is 29.7 Å². The Morgan fingerprint density at radius 1 is 0.227 bits per heavy atom. The number of hydrogen-bond donors (Lipinski definition) is 0. The zero-order valence-electron chi connectivity index (χ0n) is 41.2. The monoisotopic (exact) mass is 1240 g/mol. The van der Waals surface area contributed by atoms with E-state index in [9.17, 15) is 29.7 Å². The summed E-state index contributed by atoms with van der Waals surface area (Å²) in [5, 5.41) is 44.5. The molecule has 0 spiro atoms. The summed E-state index contributed by atoms with van der Waals surface area (Å²) in [4.78, 5) is 33.7. The maximum Gasteiger partial charge on any atom is 0.112 e. The second-order valence-electron chi connectivity index (χ2n) is 17.0. The van der Waals surface area contributed by atoms with E-state index >= 15 is 0 Å².